The molecule has 22 heavy (non-hydrogen) atoms. The summed E-state index contributed by atoms with van der Waals surface area (Å²) in [5.41, 5.74) is 0. The van der Waals surface area contributed by atoms with Crippen LogP contribution in [0.4, 0.5) is 0 Å². The van der Waals surface area contributed by atoms with Crippen molar-refractivity contribution in [1.82, 2.24) is 0 Å². The third kappa shape index (κ3) is 4.44. The van der Waals surface area contributed by atoms with Crippen LogP contribution >= 0.6 is 23.2 Å². The maximum atomic E-state index is 6.40. The summed E-state index contributed by atoms with van der Waals surface area (Å²) in [5.74, 6) is 2.12. The third-order valence-corrected chi connectivity index (χ3v) is 3.99. The van der Waals surface area contributed by atoms with Crippen molar-refractivity contribution in [2.75, 3.05) is 19.1 Å². The second-order valence-corrected chi connectivity index (χ2v) is 5.96. The lowest BCUT2D eigenvalue weighted by Gasteiger charge is -2.15. The van der Waals surface area contributed by atoms with Crippen LogP contribution in [0.25, 0.3) is 10.8 Å². The van der Waals surface area contributed by atoms with Crippen molar-refractivity contribution in [3.63, 3.8) is 0 Å². The molecule has 0 radical (unpaired) electrons. The van der Waals surface area contributed by atoms with E-state index >= 15 is 0 Å². The summed E-state index contributed by atoms with van der Waals surface area (Å²) >= 11 is 12.1. The number of unbranched alkanes of at least 4 members (excludes halogenated alkanes) is 2. The van der Waals surface area contributed by atoms with Crippen LogP contribution in [-0.2, 0) is 0 Å². The molecule has 0 saturated heterocycles. The first-order valence-corrected chi connectivity index (χ1v) is 8.72. The van der Waals surface area contributed by atoms with Crippen LogP contribution in [0.3, 0.4) is 0 Å². The predicted octanol–water partition coefficient (Wildman–Crippen LogP) is 6.07. The number of hydrogen-bond acceptors (Lipinski definition) is 2. The van der Waals surface area contributed by atoms with Crippen molar-refractivity contribution < 1.29 is 9.47 Å². The van der Waals surface area contributed by atoms with E-state index in [0.717, 1.165) is 41.5 Å². The minimum atomic E-state index is 0.584. The Morgan fingerprint density at radius 3 is 2.41 bits per heavy atom. The van der Waals surface area contributed by atoms with E-state index in [2.05, 4.69) is 6.92 Å². The van der Waals surface area contributed by atoms with E-state index in [-0.39, 0.29) is 0 Å². The average molecular weight is 341 g/mol. The van der Waals surface area contributed by atoms with E-state index in [9.17, 15) is 0 Å². The topological polar surface area (TPSA) is 18.5 Å². The molecule has 0 heterocycles. The van der Waals surface area contributed by atoms with Gasteiger partial charge in [-0.3, -0.25) is 0 Å². The molecule has 0 saturated carbocycles. The van der Waals surface area contributed by atoms with Gasteiger partial charge in [-0.1, -0.05) is 55.6 Å². The molecular weight excluding hydrogens is 319 g/mol. The molecule has 2 aromatic rings. The number of rotatable bonds is 9. The van der Waals surface area contributed by atoms with Crippen LogP contribution in [0.5, 0.6) is 11.5 Å². The highest BCUT2D eigenvalue weighted by Gasteiger charge is 2.13. The minimum absolute atomic E-state index is 0.584. The van der Waals surface area contributed by atoms with Gasteiger partial charge in [0.15, 0.2) is 0 Å². The molecule has 2 aromatic carbocycles. The number of ether oxygens (including phenoxy) is 2. The van der Waals surface area contributed by atoms with Gasteiger partial charge in [0.1, 0.15) is 11.5 Å². The lowest BCUT2D eigenvalue weighted by Crippen LogP contribution is -2.01. The fraction of sp³-hybridized carbons (Fsp3) is 0.444. The highest BCUT2D eigenvalue weighted by molar-refractivity contribution is 6.33. The smallest absolute Gasteiger partial charge is 0.145 e. The van der Waals surface area contributed by atoms with Crippen molar-refractivity contribution in [2.24, 2.45) is 0 Å². The fourth-order valence-corrected chi connectivity index (χ4v) is 2.68. The molecule has 0 atom stereocenters. The zero-order valence-electron chi connectivity index (χ0n) is 12.9. The first-order chi connectivity index (χ1) is 10.8. The van der Waals surface area contributed by atoms with E-state index in [1.165, 1.54) is 6.42 Å². The van der Waals surface area contributed by atoms with E-state index in [1.54, 1.807) is 0 Å². The second kappa shape index (κ2) is 9.12. The number of benzene rings is 2. The number of fused-ring (bicyclic) bond motifs is 1. The Bertz CT molecular complexity index is 599. The summed E-state index contributed by atoms with van der Waals surface area (Å²) in [5, 5.41) is 2.61. The van der Waals surface area contributed by atoms with Crippen molar-refractivity contribution in [3.8, 4) is 11.5 Å². The molecule has 0 amide bonds. The predicted molar refractivity (Wildman–Crippen MR) is 94.8 cm³/mol. The Kier molecular flexibility index (Phi) is 7.14. The Morgan fingerprint density at radius 2 is 1.68 bits per heavy atom. The van der Waals surface area contributed by atoms with Crippen molar-refractivity contribution in [2.45, 2.75) is 32.6 Å². The summed E-state index contributed by atoms with van der Waals surface area (Å²) in [4.78, 5) is 0. The van der Waals surface area contributed by atoms with Gasteiger partial charge >= 0.3 is 0 Å². The molecule has 0 spiro atoms. The van der Waals surface area contributed by atoms with E-state index in [0.29, 0.717) is 24.1 Å². The Labute approximate surface area is 142 Å². The van der Waals surface area contributed by atoms with Crippen molar-refractivity contribution in [3.05, 3.63) is 35.4 Å². The van der Waals surface area contributed by atoms with Gasteiger partial charge in [0, 0.05) is 22.7 Å². The third-order valence-electron chi connectivity index (χ3n) is 3.44. The zero-order chi connectivity index (χ0) is 15.8. The standard InChI is InChI=1S/C18H22Cl2O2/c1-2-3-6-11-22-18-15-9-5-4-8-14(15)17(13-16(18)20)21-12-7-10-19/h4-5,8-9,13H,2-3,6-7,10-12H2,1H3. The molecule has 4 heteroatoms. The molecular formula is C18H22Cl2O2. The fourth-order valence-electron chi connectivity index (χ4n) is 2.31. The number of alkyl halides is 1. The number of halogens is 2. The van der Waals surface area contributed by atoms with Gasteiger partial charge in [0.2, 0.25) is 0 Å². The van der Waals surface area contributed by atoms with Crippen LogP contribution < -0.4 is 9.47 Å². The zero-order valence-corrected chi connectivity index (χ0v) is 14.4. The molecule has 0 N–H and O–H groups in total. The van der Waals surface area contributed by atoms with E-state index in [4.69, 9.17) is 32.7 Å². The summed E-state index contributed by atoms with van der Waals surface area (Å²) in [6.45, 7) is 3.44. The number of hydrogen-bond donors (Lipinski definition) is 0. The molecule has 0 fully saturated rings. The monoisotopic (exact) mass is 340 g/mol. The molecule has 120 valence electrons. The summed E-state index contributed by atoms with van der Waals surface area (Å²) in [6, 6.07) is 9.87. The highest BCUT2D eigenvalue weighted by atomic mass is 35.5. The van der Waals surface area contributed by atoms with Crippen molar-refractivity contribution in [1.29, 1.82) is 0 Å². The first kappa shape index (κ1) is 17.2. The quantitative estimate of drug-likeness (QED) is 0.407. The Morgan fingerprint density at radius 1 is 0.955 bits per heavy atom. The van der Waals surface area contributed by atoms with Crippen molar-refractivity contribution >= 4 is 34.0 Å². The molecule has 0 aliphatic rings. The normalized spacial score (nSPS) is 10.9. The summed E-state index contributed by atoms with van der Waals surface area (Å²) < 4.78 is 11.7. The molecule has 0 bridgehead atoms. The SMILES string of the molecule is CCCCCOc1c(Cl)cc(OCCCCl)c2ccccc12. The summed E-state index contributed by atoms with van der Waals surface area (Å²) in [6.07, 6.45) is 4.18. The molecule has 2 rings (SSSR count). The van der Waals surface area contributed by atoms with Crippen LogP contribution in [-0.4, -0.2) is 19.1 Å². The minimum Gasteiger partial charge on any atom is -0.493 e. The second-order valence-electron chi connectivity index (χ2n) is 5.18. The van der Waals surface area contributed by atoms with E-state index < -0.39 is 0 Å². The van der Waals surface area contributed by atoms with Crippen LogP contribution in [0.2, 0.25) is 5.02 Å². The lowest BCUT2D eigenvalue weighted by atomic mass is 10.1. The lowest BCUT2D eigenvalue weighted by molar-refractivity contribution is 0.307. The van der Waals surface area contributed by atoms with Gasteiger partial charge in [0.25, 0.3) is 0 Å². The molecule has 0 aliphatic carbocycles. The maximum absolute atomic E-state index is 6.40. The largest absolute Gasteiger partial charge is 0.493 e. The van der Waals surface area contributed by atoms with Gasteiger partial charge in [-0.15, -0.1) is 11.6 Å². The first-order valence-electron chi connectivity index (χ1n) is 7.80. The molecule has 0 aromatic heterocycles. The average Bonchev–Trinajstić information content (AvgIpc) is 2.54. The molecule has 0 unspecified atom stereocenters. The van der Waals surface area contributed by atoms with Gasteiger partial charge in [-0.25, -0.2) is 0 Å². The Hall–Kier alpha value is -1.12. The van der Waals surface area contributed by atoms with Crippen LogP contribution in [0, 0.1) is 0 Å². The molecule has 2 nitrogen and oxygen atoms in total. The van der Waals surface area contributed by atoms with Crippen LogP contribution in [0.1, 0.15) is 32.6 Å². The van der Waals surface area contributed by atoms with Gasteiger partial charge < -0.3 is 9.47 Å². The van der Waals surface area contributed by atoms with Crippen LogP contribution in [0.15, 0.2) is 30.3 Å². The van der Waals surface area contributed by atoms with Gasteiger partial charge in [-0.2, -0.15) is 0 Å². The molecule has 0 aliphatic heterocycles. The Balaban J connectivity index is 2.25. The van der Waals surface area contributed by atoms with Gasteiger partial charge in [0.05, 0.1) is 18.2 Å². The summed E-state index contributed by atoms with van der Waals surface area (Å²) in [7, 11) is 0. The maximum Gasteiger partial charge on any atom is 0.145 e. The highest BCUT2D eigenvalue weighted by Crippen LogP contribution is 2.39. The van der Waals surface area contributed by atoms with E-state index in [1.807, 2.05) is 30.3 Å². The van der Waals surface area contributed by atoms with Gasteiger partial charge in [-0.05, 0) is 12.8 Å².